The van der Waals surface area contributed by atoms with Crippen LogP contribution in [0.25, 0.3) is 0 Å². The van der Waals surface area contributed by atoms with Gasteiger partial charge in [-0.2, -0.15) is 0 Å². The van der Waals surface area contributed by atoms with Gasteiger partial charge in [-0.3, -0.25) is 9.69 Å². The molecule has 2 aliphatic heterocycles. The second kappa shape index (κ2) is 8.46. The molecule has 2 fully saturated rings. The summed E-state index contributed by atoms with van der Waals surface area (Å²) in [4.78, 5) is 14.6. The maximum atomic E-state index is 12.2. The molecule has 1 atom stereocenters. The Morgan fingerprint density at radius 3 is 2.96 bits per heavy atom. The summed E-state index contributed by atoms with van der Waals surface area (Å²) in [7, 11) is 0. The SMILES string of the molecule is Cc1cc(NC(=O)[C@H]2CNCCO2)ccc1OCCN1CCCC1. The summed E-state index contributed by atoms with van der Waals surface area (Å²) in [6.45, 7) is 7.98. The Bertz CT molecular complexity index is 552. The predicted octanol–water partition coefficient (Wildman–Crippen LogP) is 1.40. The Balaban J connectivity index is 1.49. The van der Waals surface area contributed by atoms with Gasteiger partial charge >= 0.3 is 0 Å². The molecule has 2 aliphatic rings. The monoisotopic (exact) mass is 333 g/mol. The Morgan fingerprint density at radius 1 is 1.42 bits per heavy atom. The lowest BCUT2D eigenvalue weighted by atomic mass is 10.2. The minimum atomic E-state index is -0.421. The molecule has 132 valence electrons. The van der Waals surface area contributed by atoms with Crippen molar-refractivity contribution in [2.24, 2.45) is 0 Å². The maximum Gasteiger partial charge on any atom is 0.254 e. The summed E-state index contributed by atoms with van der Waals surface area (Å²) in [6.07, 6.45) is 2.18. The number of nitrogens with zero attached hydrogens (tertiary/aromatic N) is 1. The normalized spacial score (nSPS) is 21.6. The first-order chi connectivity index (χ1) is 11.7. The van der Waals surface area contributed by atoms with Crippen LogP contribution >= 0.6 is 0 Å². The van der Waals surface area contributed by atoms with E-state index in [-0.39, 0.29) is 5.91 Å². The van der Waals surface area contributed by atoms with E-state index in [4.69, 9.17) is 9.47 Å². The highest BCUT2D eigenvalue weighted by Crippen LogP contribution is 2.22. The van der Waals surface area contributed by atoms with Crippen LogP contribution in [0.3, 0.4) is 0 Å². The van der Waals surface area contributed by atoms with Gasteiger partial charge in [-0.25, -0.2) is 0 Å². The molecule has 1 aromatic rings. The number of amides is 1. The number of hydrogen-bond acceptors (Lipinski definition) is 5. The molecule has 6 heteroatoms. The summed E-state index contributed by atoms with van der Waals surface area (Å²) in [5, 5.41) is 6.07. The minimum Gasteiger partial charge on any atom is -0.492 e. The molecule has 0 aliphatic carbocycles. The average molecular weight is 333 g/mol. The van der Waals surface area contributed by atoms with Crippen molar-refractivity contribution >= 4 is 11.6 Å². The second-order valence-electron chi connectivity index (χ2n) is 6.43. The molecular weight excluding hydrogens is 306 g/mol. The Hall–Kier alpha value is -1.63. The molecule has 3 rings (SSSR count). The quantitative estimate of drug-likeness (QED) is 0.824. The molecule has 0 radical (unpaired) electrons. The summed E-state index contributed by atoms with van der Waals surface area (Å²) in [6, 6.07) is 5.75. The second-order valence-corrected chi connectivity index (χ2v) is 6.43. The summed E-state index contributed by atoms with van der Waals surface area (Å²) < 4.78 is 11.3. The summed E-state index contributed by atoms with van der Waals surface area (Å²) in [5.74, 6) is 0.770. The topological polar surface area (TPSA) is 62.8 Å². The third-order valence-electron chi connectivity index (χ3n) is 4.53. The third-order valence-corrected chi connectivity index (χ3v) is 4.53. The zero-order chi connectivity index (χ0) is 16.8. The van der Waals surface area contributed by atoms with Crippen molar-refractivity contribution in [3.63, 3.8) is 0 Å². The highest BCUT2D eigenvalue weighted by Gasteiger charge is 2.21. The standard InChI is InChI=1S/C18H27N3O3/c1-14-12-15(20-18(22)17-13-19-6-10-23-17)4-5-16(14)24-11-9-21-7-2-3-8-21/h4-5,12,17,19H,2-3,6-11,13H2,1H3,(H,20,22)/t17-/m1/s1. The fourth-order valence-electron chi connectivity index (χ4n) is 3.14. The number of aryl methyl sites for hydroxylation is 1. The van der Waals surface area contributed by atoms with E-state index in [1.54, 1.807) is 0 Å². The first kappa shape index (κ1) is 17.2. The van der Waals surface area contributed by atoms with Crippen molar-refractivity contribution in [2.45, 2.75) is 25.9 Å². The number of anilines is 1. The van der Waals surface area contributed by atoms with E-state index in [0.29, 0.717) is 19.8 Å². The molecule has 2 N–H and O–H groups in total. The van der Waals surface area contributed by atoms with Crippen LogP contribution in [0.5, 0.6) is 5.75 Å². The van der Waals surface area contributed by atoms with Gasteiger partial charge in [0.15, 0.2) is 0 Å². The fourth-order valence-corrected chi connectivity index (χ4v) is 3.14. The van der Waals surface area contributed by atoms with Crippen molar-refractivity contribution in [3.8, 4) is 5.75 Å². The van der Waals surface area contributed by atoms with Crippen LogP contribution in [0.2, 0.25) is 0 Å². The highest BCUT2D eigenvalue weighted by atomic mass is 16.5. The van der Waals surface area contributed by atoms with Crippen LogP contribution < -0.4 is 15.4 Å². The van der Waals surface area contributed by atoms with Crippen LogP contribution in [0.15, 0.2) is 18.2 Å². The zero-order valence-corrected chi connectivity index (χ0v) is 14.3. The first-order valence-corrected chi connectivity index (χ1v) is 8.81. The van der Waals surface area contributed by atoms with E-state index < -0.39 is 6.10 Å². The molecule has 2 saturated heterocycles. The summed E-state index contributed by atoms with van der Waals surface area (Å²) in [5.41, 5.74) is 1.80. The molecule has 2 heterocycles. The van der Waals surface area contributed by atoms with Gasteiger partial charge in [-0.1, -0.05) is 0 Å². The van der Waals surface area contributed by atoms with Gasteiger partial charge in [-0.05, 0) is 56.6 Å². The first-order valence-electron chi connectivity index (χ1n) is 8.81. The number of benzene rings is 1. The zero-order valence-electron chi connectivity index (χ0n) is 14.3. The van der Waals surface area contributed by atoms with Crippen LogP contribution in [-0.4, -0.2) is 62.8 Å². The van der Waals surface area contributed by atoms with E-state index in [9.17, 15) is 4.79 Å². The Kier molecular flexibility index (Phi) is 6.07. The molecule has 0 bridgehead atoms. The fraction of sp³-hybridized carbons (Fsp3) is 0.611. The predicted molar refractivity (Wildman–Crippen MR) is 93.6 cm³/mol. The van der Waals surface area contributed by atoms with Gasteiger partial charge in [-0.15, -0.1) is 0 Å². The minimum absolute atomic E-state index is 0.107. The van der Waals surface area contributed by atoms with E-state index in [0.717, 1.165) is 30.1 Å². The molecule has 1 aromatic carbocycles. The number of likely N-dealkylation sites (tertiary alicyclic amines) is 1. The lowest BCUT2D eigenvalue weighted by Gasteiger charge is -2.23. The van der Waals surface area contributed by atoms with Crippen molar-refractivity contribution < 1.29 is 14.3 Å². The van der Waals surface area contributed by atoms with Crippen LogP contribution in [0.4, 0.5) is 5.69 Å². The summed E-state index contributed by atoms with van der Waals surface area (Å²) >= 11 is 0. The molecule has 24 heavy (non-hydrogen) atoms. The number of morpholine rings is 1. The van der Waals surface area contributed by atoms with Gasteiger partial charge in [0.25, 0.3) is 5.91 Å². The lowest BCUT2D eigenvalue weighted by Crippen LogP contribution is -2.45. The van der Waals surface area contributed by atoms with Gasteiger partial charge in [0.05, 0.1) is 6.61 Å². The van der Waals surface area contributed by atoms with Crippen molar-refractivity contribution in [2.75, 3.05) is 51.3 Å². The van der Waals surface area contributed by atoms with Crippen LogP contribution in [0, 0.1) is 6.92 Å². The molecule has 0 spiro atoms. The molecule has 0 unspecified atom stereocenters. The van der Waals surface area contributed by atoms with Gasteiger partial charge in [0.1, 0.15) is 18.5 Å². The smallest absolute Gasteiger partial charge is 0.254 e. The molecular formula is C18H27N3O3. The number of carbonyl (C=O) groups excluding carboxylic acids is 1. The van der Waals surface area contributed by atoms with E-state index in [1.165, 1.54) is 25.9 Å². The number of ether oxygens (including phenoxy) is 2. The van der Waals surface area contributed by atoms with Gasteiger partial charge in [0, 0.05) is 25.3 Å². The molecule has 0 aromatic heterocycles. The maximum absolute atomic E-state index is 12.2. The van der Waals surface area contributed by atoms with Crippen molar-refractivity contribution in [1.29, 1.82) is 0 Å². The van der Waals surface area contributed by atoms with E-state index >= 15 is 0 Å². The van der Waals surface area contributed by atoms with Crippen LogP contribution in [0.1, 0.15) is 18.4 Å². The van der Waals surface area contributed by atoms with Gasteiger partial charge < -0.3 is 20.1 Å². The van der Waals surface area contributed by atoms with Crippen molar-refractivity contribution in [3.05, 3.63) is 23.8 Å². The van der Waals surface area contributed by atoms with Crippen molar-refractivity contribution in [1.82, 2.24) is 10.2 Å². The number of hydrogen-bond donors (Lipinski definition) is 2. The van der Waals surface area contributed by atoms with Crippen LogP contribution in [-0.2, 0) is 9.53 Å². The number of nitrogens with one attached hydrogen (secondary N) is 2. The molecule has 6 nitrogen and oxygen atoms in total. The largest absolute Gasteiger partial charge is 0.492 e. The lowest BCUT2D eigenvalue weighted by molar-refractivity contribution is -0.128. The third kappa shape index (κ3) is 4.69. The Labute approximate surface area is 143 Å². The number of rotatable bonds is 6. The number of carbonyl (C=O) groups is 1. The average Bonchev–Trinajstić information content (AvgIpc) is 3.11. The van der Waals surface area contributed by atoms with E-state index in [1.807, 2.05) is 25.1 Å². The van der Waals surface area contributed by atoms with Gasteiger partial charge in [0.2, 0.25) is 0 Å². The molecule has 1 amide bonds. The Morgan fingerprint density at radius 2 is 2.25 bits per heavy atom. The van der Waals surface area contributed by atoms with E-state index in [2.05, 4.69) is 15.5 Å². The molecule has 0 saturated carbocycles. The highest BCUT2D eigenvalue weighted by molar-refractivity contribution is 5.94.